The minimum atomic E-state index is -0.346. The molecule has 2 rings (SSSR count). The van der Waals surface area contributed by atoms with Gasteiger partial charge in [-0.25, -0.2) is 0 Å². The second-order valence-corrected chi connectivity index (χ2v) is 9.86. The summed E-state index contributed by atoms with van der Waals surface area (Å²) < 4.78 is 1.59. The number of carbonyl (C=O) groups excluding carboxylic acids is 1. The Hall–Kier alpha value is -1.16. The van der Waals surface area contributed by atoms with Gasteiger partial charge >= 0.3 is 0 Å². The third kappa shape index (κ3) is 4.01. The summed E-state index contributed by atoms with van der Waals surface area (Å²) >= 11 is 19.0. The van der Waals surface area contributed by atoms with Gasteiger partial charge in [-0.1, -0.05) is 76.3 Å². The molecule has 1 aromatic heterocycles. The summed E-state index contributed by atoms with van der Waals surface area (Å²) in [6, 6.07) is 3.44. The van der Waals surface area contributed by atoms with E-state index in [1.807, 2.05) is 48.5 Å². The molecular formula is C21H26Cl3NO2. The third-order valence-electron chi connectivity index (χ3n) is 4.61. The lowest BCUT2D eigenvalue weighted by Gasteiger charge is -2.28. The number of aromatic hydroxyl groups is 1. The number of phenols is 1. The van der Waals surface area contributed by atoms with Gasteiger partial charge in [0.05, 0.1) is 10.6 Å². The molecule has 0 amide bonds. The highest BCUT2D eigenvalue weighted by Crippen LogP contribution is 2.42. The predicted molar refractivity (Wildman–Crippen MR) is 114 cm³/mol. The molecule has 1 N–H and O–H groups in total. The zero-order valence-electron chi connectivity index (χ0n) is 16.8. The lowest BCUT2D eigenvalue weighted by Crippen LogP contribution is -2.19. The monoisotopic (exact) mass is 429 g/mol. The number of aromatic nitrogens is 1. The fourth-order valence-corrected chi connectivity index (χ4v) is 4.11. The SMILES string of the molecule is CCn1c(Cl)c(Cl)c(C(=O)c2cc(C(C)(C)C)c(O)c(C(C)(C)C)c2)c1Cl. The van der Waals surface area contributed by atoms with E-state index in [0.717, 1.165) is 0 Å². The van der Waals surface area contributed by atoms with Crippen LogP contribution in [0.15, 0.2) is 12.1 Å². The van der Waals surface area contributed by atoms with Gasteiger partial charge in [0, 0.05) is 23.2 Å². The van der Waals surface area contributed by atoms with Crippen LogP contribution in [0.25, 0.3) is 0 Å². The van der Waals surface area contributed by atoms with Crippen LogP contribution >= 0.6 is 34.8 Å². The molecule has 0 spiro atoms. The highest BCUT2D eigenvalue weighted by atomic mass is 35.5. The molecule has 1 heterocycles. The Morgan fingerprint density at radius 3 is 1.74 bits per heavy atom. The lowest BCUT2D eigenvalue weighted by atomic mass is 9.78. The number of carbonyl (C=O) groups is 1. The van der Waals surface area contributed by atoms with Gasteiger partial charge in [0.1, 0.15) is 16.1 Å². The second-order valence-electron chi connectivity index (χ2n) is 8.76. The van der Waals surface area contributed by atoms with Crippen molar-refractivity contribution >= 4 is 40.6 Å². The van der Waals surface area contributed by atoms with Crippen molar-refractivity contribution in [3.05, 3.63) is 49.7 Å². The summed E-state index contributed by atoms with van der Waals surface area (Å²) in [6.07, 6.45) is 0. The topological polar surface area (TPSA) is 42.2 Å². The Morgan fingerprint density at radius 1 is 0.963 bits per heavy atom. The van der Waals surface area contributed by atoms with Crippen molar-refractivity contribution in [2.24, 2.45) is 0 Å². The van der Waals surface area contributed by atoms with Gasteiger partial charge in [-0.3, -0.25) is 4.79 Å². The Balaban J connectivity index is 2.78. The van der Waals surface area contributed by atoms with E-state index < -0.39 is 0 Å². The van der Waals surface area contributed by atoms with Crippen LogP contribution in [0.4, 0.5) is 0 Å². The van der Waals surface area contributed by atoms with E-state index in [1.54, 1.807) is 16.7 Å². The van der Waals surface area contributed by atoms with Crippen LogP contribution in [0.2, 0.25) is 15.3 Å². The van der Waals surface area contributed by atoms with Gasteiger partial charge in [0.2, 0.25) is 0 Å². The highest BCUT2D eigenvalue weighted by molar-refractivity contribution is 6.47. The van der Waals surface area contributed by atoms with Crippen LogP contribution in [0.1, 0.15) is 75.5 Å². The molecule has 0 aliphatic carbocycles. The lowest BCUT2D eigenvalue weighted by molar-refractivity contribution is 0.103. The summed E-state index contributed by atoms with van der Waals surface area (Å²) in [5.41, 5.74) is 1.33. The van der Waals surface area contributed by atoms with Crippen LogP contribution in [-0.4, -0.2) is 15.5 Å². The average molecular weight is 431 g/mol. The van der Waals surface area contributed by atoms with E-state index in [4.69, 9.17) is 34.8 Å². The molecule has 0 bridgehead atoms. The summed E-state index contributed by atoms with van der Waals surface area (Å²) in [6.45, 7) is 14.3. The number of hydrogen-bond donors (Lipinski definition) is 1. The van der Waals surface area contributed by atoms with Gasteiger partial charge in [-0.05, 0) is 29.9 Å². The Kier molecular flexibility index (Phi) is 6.02. The van der Waals surface area contributed by atoms with Gasteiger partial charge in [0.15, 0.2) is 5.78 Å². The minimum absolute atomic E-state index is 0.149. The molecule has 6 heteroatoms. The van der Waals surface area contributed by atoms with Crippen molar-refractivity contribution < 1.29 is 9.90 Å². The first-order valence-corrected chi connectivity index (χ1v) is 10.0. The largest absolute Gasteiger partial charge is 0.507 e. The first kappa shape index (κ1) is 22.1. The Labute approximate surface area is 176 Å². The van der Waals surface area contributed by atoms with Crippen molar-refractivity contribution in [3.63, 3.8) is 0 Å². The fourth-order valence-electron chi connectivity index (χ4n) is 3.06. The summed E-state index contributed by atoms with van der Waals surface area (Å²) in [7, 11) is 0. The van der Waals surface area contributed by atoms with Crippen LogP contribution in [-0.2, 0) is 17.4 Å². The maximum atomic E-state index is 13.3. The number of hydrogen-bond acceptors (Lipinski definition) is 2. The number of rotatable bonds is 3. The summed E-state index contributed by atoms with van der Waals surface area (Å²) in [5.74, 6) is -0.0944. The molecule has 1 aromatic carbocycles. The van der Waals surface area contributed by atoms with Crippen molar-refractivity contribution in [3.8, 4) is 5.75 Å². The summed E-state index contributed by atoms with van der Waals surface area (Å²) in [4.78, 5) is 13.3. The third-order valence-corrected chi connectivity index (χ3v) is 5.86. The molecule has 0 aliphatic heterocycles. The smallest absolute Gasteiger partial charge is 0.197 e. The summed E-state index contributed by atoms with van der Waals surface area (Å²) in [5, 5.41) is 11.5. The van der Waals surface area contributed by atoms with Crippen molar-refractivity contribution in [2.75, 3.05) is 0 Å². The minimum Gasteiger partial charge on any atom is -0.507 e. The fraction of sp³-hybridized carbons (Fsp3) is 0.476. The molecule has 0 saturated carbocycles. The van der Waals surface area contributed by atoms with Crippen LogP contribution < -0.4 is 0 Å². The molecule has 0 fully saturated rings. The van der Waals surface area contributed by atoms with Gasteiger partial charge in [-0.2, -0.15) is 0 Å². The van der Waals surface area contributed by atoms with E-state index in [9.17, 15) is 9.90 Å². The molecule has 0 unspecified atom stereocenters. The standard InChI is InChI=1S/C21H26Cl3NO2/c1-8-25-18(23)14(15(22)19(25)24)16(26)11-9-12(20(2,3)4)17(27)13(10-11)21(5,6)7/h9-10,27H,8H2,1-7H3. The average Bonchev–Trinajstić information content (AvgIpc) is 2.74. The molecule has 3 nitrogen and oxygen atoms in total. The Bertz CT molecular complexity index is 865. The van der Waals surface area contributed by atoms with E-state index >= 15 is 0 Å². The molecule has 0 aliphatic rings. The van der Waals surface area contributed by atoms with Crippen LogP contribution in [0.3, 0.4) is 0 Å². The van der Waals surface area contributed by atoms with Crippen molar-refractivity contribution in [1.29, 1.82) is 0 Å². The van der Waals surface area contributed by atoms with Crippen LogP contribution in [0.5, 0.6) is 5.75 Å². The molecule has 148 valence electrons. The number of phenolic OH excluding ortho intramolecular Hbond substituents is 1. The molecule has 0 saturated heterocycles. The van der Waals surface area contributed by atoms with E-state index in [1.165, 1.54) is 0 Å². The van der Waals surface area contributed by atoms with Gasteiger partial charge < -0.3 is 9.67 Å². The zero-order chi connectivity index (χ0) is 20.9. The number of benzene rings is 1. The number of nitrogens with zero attached hydrogens (tertiary/aromatic N) is 1. The molecule has 0 radical (unpaired) electrons. The zero-order valence-corrected chi connectivity index (χ0v) is 19.1. The first-order valence-electron chi connectivity index (χ1n) is 8.87. The molecule has 2 aromatic rings. The molecule has 27 heavy (non-hydrogen) atoms. The van der Waals surface area contributed by atoms with Gasteiger partial charge in [0.25, 0.3) is 0 Å². The maximum absolute atomic E-state index is 13.3. The highest BCUT2D eigenvalue weighted by Gasteiger charge is 2.30. The normalized spacial score (nSPS) is 12.5. The Morgan fingerprint density at radius 2 is 1.41 bits per heavy atom. The quantitative estimate of drug-likeness (QED) is 0.533. The van der Waals surface area contributed by atoms with E-state index in [-0.39, 0.29) is 43.3 Å². The number of halogens is 3. The maximum Gasteiger partial charge on any atom is 0.197 e. The van der Waals surface area contributed by atoms with E-state index in [2.05, 4.69) is 0 Å². The van der Waals surface area contributed by atoms with Crippen molar-refractivity contribution in [1.82, 2.24) is 4.57 Å². The van der Waals surface area contributed by atoms with E-state index in [0.29, 0.717) is 23.2 Å². The molecule has 0 atom stereocenters. The second kappa shape index (κ2) is 7.35. The number of ketones is 1. The van der Waals surface area contributed by atoms with Gasteiger partial charge in [-0.15, -0.1) is 0 Å². The van der Waals surface area contributed by atoms with Crippen LogP contribution in [0, 0.1) is 0 Å². The first-order chi connectivity index (χ1) is 12.2. The van der Waals surface area contributed by atoms with Crippen molar-refractivity contribution in [2.45, 2.75) is 65.8 Å². The molecular weight excluding hydrogens is 405 g/mol. The predicted octanol–water partition coefficient (Wildman–Crippen LogP) is 7.00.